The van der Waals surface area contributed by atoms with Crippen LogP contribution in [-0.2, 0) is 22.4 Å². The maximum atomic E-state index is 12.7. The van der Waals surface area contributed by atoms with E-state index in [1.807, 2.05) is 32.0 Å². The van der Waals surface area contributed by atoms with Crippen LogP contribution in [0.2, 0.25) is 0 Å². The monoisotopic (exact) mass is 531 g/mol. The van der Waals surface area contributed by atoms with Gasteiger partial charge in [-0.25, -0.2) is 4.79 Å². The molecule has 1 aliphatic heterocycles. The van der Waals surface area contributed by atoms with E-state index in [2.05, 4.69) is 21.5 Å². The van der Waals surface area contributed by atoms with Gasteiger partial charge in [-0.1, -0.05) is 17.3 Å². The van der Waals surface area contributed by atoms with Crippen LogP contribution in [0.3, 0.4) is 0 Å². The van der Waals surface area contributed by atoms with Crippen molar-refractivity contribution >= 4 is 12.0 Å². The van der Waals surface area contributed by atoms with Crippen LogP contribution in [0, 0.1) is 11.3 Å². The minimum Gasteiger partial charge on any atom is -0.490 e. The number of benzene rings is 2. The SMILES string of the molecule is CC(C)Oc1ccc(-c2nc(-c3ccc4c(c3)CCN(C(=O)CNC(=O)OC(C)(C)C)CC4)no2)cc1C#N. The number of nitrogens with one attached hydrogen (secondary N) is 1. The fourth-order valence-electron chi connectivity index (χ4n) is 4.25. The highest BCUT2D eigenvalue weighted by molar-refractivity contribution is 5.82. The van der Waals surface area contributed by atoms with Crippen molar-refractivity contribution in [2.24, 2.45) is 0 Å². The second kappa shape index (κ2) is 11.6. The number of hydrogen-bond acceptors (Lipinski definition) is 8. The van der Waals surface area contributed by atoms with Crippen molar-refractivity contribution in [2.45, 2.75) is 59.2 Å². The van der Waals surface area contributed by atoms with Crippen molar-refractivity contribution < 1.29 is 23.6 Å². The third-order valence-electron chi connectivity index (χ3n) is 6.04. The van der Waals surface area contributed by atoms with E-state index in [9.17, 15) is 14.9 Å². The van der Waals surface area contributed by atoms with Crippen LogP contribution in [0.5, 0.6) is 5.75 Å². The first kappa shape index (κ1) is 27.6. The fourth-order valence-corrected chi connectivity index (χ4v) is 4.25. The Morgan fingerprint density at radius 3 is 2.51 bits per heavy atom. The number of aromatic nitrogens is 2. The molecule has 0 atom stereocenters. The summed E-state index contributed by atoms with van der Waals surface area (Å²) >= 11 is 0. The van der Waals surface area contributed by atoms with Gasteiger partial charge in [-0.05, 0) is 82.9 Å². The molecule has 0 unspecified atom stereocenters. The summed E-state index contributed by atoms with van der Waals surface area (Å²) in [5.74, 6) is 1.10. The van der Waals surface area contributed by atoms with Crippen molar-refractivity contribution in [2.75, 3.05) is 19.6 Å². The zero-order valence-corrected chi connectivity index (χ0v) is 22.9. The van der Waals surface area contributed by atoms with Crippen LogP contribution in [0.15, 0.2) is 40.9 Å². The molecule has 0 saturated heterocycles. The molecule has 2 amide bonds. The number of carbonyl (C=O) groups excluding carboxylic acids is 2. The van der Waals surface area contributed by atoms with Crippen LogP contribution < -0.4 is 10.1 Å². The van der Waals surface area contributed by atoms with Gasteiger partial charge in [-0.2, -0.15) is 10.2 Å². The van der Waals surface area contributed by atoms with E-state index < -0.39 is 11.7 Å². The predicted octanol–water partition coefficient (Wildman–Crippen LogP) is 4.51. The molecule has 2 aromatic carbocycles. The Morgan fingerprint density at radius 2 is 1.82 bits per heavy atom. The van der Waals surface area contributed by atoms with E-state index in [1.165, 1.54) is 0 Å². The van der Waals surface area contributed by atoms with Crippen molar-refractivity contribution in [1.29, 1.82) is 5.26 Å². The molecule has 4 rings (SSSR count). The summed E-state index contributed by atoms with van der Waals surface area (Å²) in [5.41, 5.74) is 3.46. The number of hydrogen-bond donors (Lipinski definition) is 1. The Labute approximate surface area is 227 Å². The number of nitrogens with zero attached hydrogens (tertiary/aromatic N) is 4. The van der Waals surface area contributed by atoms with Crippen LogP contribution >= 0.6 is 0 Å². The first-order valence-electron chi connectivity index (χ1n) is 12.9. The summed E-state index contributed by atoms with van der Waals surface area (Å²) in [7, 11) is 0. The van der Waals surface area contributed by atoms with Crippen LogP contribution in [-0.4, -0.2) is 58.4 Å². The molecule has 0 saturated carbocycles. The second-order valence-corrected chi connectivity index (χ2v) is 10.6. The average Bonchev–Trinajstić information content (AvgIpc) is 3.27. The lowest BCUT2D eigenvalue weighted by Gasteiger charge is -2.22. The minimum atomic E-state index is -0.624. The quantitative estimate of drug-likeness (QED) is 0.491. The standard InChI is InChI=1S/C29H33N5O5/c1-18(2)37-24-9-8-22(15-23(24)16-30)27-32-26(33-39-27)21-7-6-19-10-12-34(13-11-20(19)14-21)25(35)17-31-28(36)38-29(3,4)5/h6-9,14-15,18H,10-13,17H2,1-5H3,(H,31,36). The molecule has 3 aromatic rings. The van der Waals surface area contributed by atoms with Gasteiger partial charge < -0.3 is 24.2 Å². The molecule has 10 nitrogen and oxygen atoms in total. The molecule has 0 spiro atoms. The van der Waals surface area contributed by atoms with Gasteiger partial charge >= 0.3 is 6.09 Å². The van der Waals surface area contributed by atoms with Crippen LogP contribution in [0.4, 0.5) is 4.79 Å². The molecule has 0 fully saturated rings. The predicted molar refractivity (Wildman–Crippen MR) is 144 cm³/mol. The Kier molecular flexibility index (Phi) is 8.19. The third kappa shape index (κ3) is 7.13. The van der Waals surface area contributed by atoms with Crippen LogP contribution in [0.1, 0.15) is 51.3 Å². The summed E-state index contributed by atoms with van der Waals surface area (Å²) < 4.78 is 16.4. The molecular weight excluding hydrogens is 498 g/mol. The minimum absolute atomic E-state index is 0.0507. The molecule has 2 heterocycles. The summed E-state index contributed by atoms with van der Waals surface area (Å²) in [6.07, 6.45) is 0.703. The Balaban J connectivity index is 1.42. The average molecular weight is 532 g/mol. The molecule has 204 valence electrons. The van der Waals surface area contributed by atoms with Gasteiger partial charge in [0.15, 0.2) is 0 Å². The molecular formula is C29H33N5O5. The van der Waals surface area contributed by atoms with Gasteiger partial charge in [0, 0.05) is 24.2 Å². The summed E-state index contributed by atoms with van der Waals surface area (Å²) in [6.45, 7) is 10.1. The zero-order chi connectivity index (χ0) is 28.2. The molecule has 1 aromatic heterocycles. The van der Waals surface area contributed by atoms with Gasteiger partial charge in [-0.3, -0.25) is 4.79 Å². The molecule has 1 N–H and O–H groups in total. The molecule has 39 heavy (non-hydrogen) atoms. The fraction of sp³-hybridized carbons (Fsp3) is 0.414. The molecule has 1 aliphatic rings. The first-order valence-corrected chi connectivity index (χ1v) is 12.9. The normalized spacial score (nSPS) is 13.3. The molecule has 0 radical (unpaired) electrons. The van der Waals surface area contributed by atoms with Gasteiger partial charge in [-0.15, -0.1) is 0 Å². The van der Waals surface area contributed by atoms with Gasteiger partial charge in [0.2, 0.25) is 11.7 Å². The van der Waals surface area contributed by atoms with Crippen molar-refractivity contribution in [3.05, 3.63) is 53.1 Å². The topological polar surface area (TPSA) is 131 Å². The number of fused-ring (bicyclic) bond motifs is 1. The summed E-state index contributed by atoms with van der Waals surface area (Å²) in [4.78, 5) is 30.9. The van der Waals surface area contributed by atoms with E-state index in [-0.39, 0.29) is 18.6 Å². The van der Waals surface area contributed by atoms with Gasteiger partial charge in [0.1, 0.15) is 24.0 Å². The molecule has 10 heteroatoms. The summed E-state index contributed by atoms with van der Waals surface area (Å²) in [6, 6.07) is 13.3. The highest BCUT2D eigenvalue weighted by Crippen LogP contribution is 2.29. The lowest BCUT2D eigenvalue weighted by atomic mass is 10.00. The van der Waals surface area contributed by atoms with Crippen molar-refractivity contribution in [3.8, 4) is 34.7 Å². The number of carbonyl (C=O) groups is 2. The highest BCUT2D eigenvalue weighted by atomic mass is 16.6. The van der Waals surface area contributed by atoms with Gasteiger partial charge in [0.05, 0.1) is 11.7 Å². The van der Waals surface area contributed by atoms with Gasteiger partial charge in [0.25, 0.3) is 5.89 Å². The Bertz CT molecular complexity index is 1400. The Morgan fingerprint density at radius 1 is 1.10 bits per heavy atom. The summed E-state index contributed by atoms with van der Waals surface area (Å²) in [5, 5.41) is 16.2. The first-order chi connectivity index (χ1) is 18.5. The largest absolute Gasteiger partial charge is 0.490 e. The molecule has 0 aliphatic carbocycles. The Hall–Kier alpha value is -4.39. The van der Waals surface area contributed by atoms with E-state index >= 15 is 0 Å². The maximum Gasteiger partial charge on any atom is 0.408 e. The lowest BCUT2D eigenvalue weighted by molar-refractivity contribution is -0.130. The lowest BCUT2D eigenvalue weighted by Crippen LogP contribution is -2.42. The second-order valence-electron chi connectivity index (χ2n) is 10.6. The zero-order valence-electron chi connectivity index (χ0n) is 22.9. The van der Waals surface area contributed by atoms with E-state index in [0.717, 1.165) is 16.7 Å². The highest BCUT2D eigenvalue weighted by Gasteiger charge is 2.22. The van der Waals surface area contributed by atoms with Crippen LogP contribution in [0.25, 0.3) is 22.8 Å². The maximum absolute atomic E-state index is 12.7. The number of nitriles is 1. The van der Waals surface area contributed by atoms with Crippen molar-refractivity contribution in [3.63, 3.8) is 0 Å². The van der Waals surface area contributed by atoms with E-state index in [1.54, 1.807) is 43.9 Å². The van der Waals surface area contributed by atoms with E-state index in [0.29, 0.717) is 54.5 Å². The number of amides is 2. The third-order valence-corrected chi connectivity index (χ3v) is 6.04. The molecule has 0 bridgehead atoms. The number of alkyl carbamates (subject to hydrolysis) is 1. The van der Waals surface area contributed by atoms with E-state index in [4.69, 9.17) is 14.0 Å². The smallest absolute Gasteiger partial charge is 0.408 e. The van der Waals surface area contributed by atoms with Crippen molar-refractivity contribution in [1.82, 2.24) is 20.4 Å². The number of rotatable bonds is 6. The number of ether oxygens (including phenoxy) is 2.